The molecule has 0 amide bonds. The Kier molecular flexibility index (Phi) is 3.68. The first-order chi connectivity index (χ1) is 8.90. The number of aromatic nitrogens is 2. The molecule has 18 heavy (non-hydrogen) atoms. The predicted octanol–water partition coefficient (Wildman–Crippen LogP) is 1.13. The van der Waals surface area contributed by atoms with E-state index in [9.17, 15) is 0 Å². The summed E-state index contributed by atoms with van der Waals surface area (Å²) in [6.45, 7) is 4.97. The summed E-state index contributed by atoms with van der Waals surface area (Å²) in [5, 5.41) is 9.44. The molecule has 0 unspecified atom stereocenters. The average molecular weight is 264 g/mol. The summed E-state index contributed by atoms with van der Waals surface area (Å²) in [7, 11) is 0. The fraction of sp³-hybridized carbons (Fsp3) is 0.500. The van der Waals surface area contributed by atoms with Gasteiger partial charge in [-0.05, 0) is 11.4 Å². The molecule has 1 N–H and O–H groups in total. The van der Waals surface area contributed by atoms with E-state index < -0.39 is 0 Å². The summed E-state index contributed by atoms with van der Waals surface area (Å²) in [6.07, 6.45) is 0.742. The quantitative estimate of drug-likeness (QED) is 0.897. The maximum atomic E-state index is 5.28. The Morgan fingerprint density at radius 2 is 2.28 bits per heavy atom. The van der Waals surface area contributed by atoms with Crippen molar-refractivity contribution in [3.63, 3.8) is 0 Å². The Hall–Kier alpha value is -1.24. The molecular weight excluding hydrogens is 248 g/mol. The highest BCUT2D eigenvalue weighted by Crippen LogP contribution is 2.13. The van der Waals surface area contributed by atoms with Crippen LogP contribution >= 0.6 is 11.3 Å². The Morgan fingerprint density at radius 1 is 1.39 bits per heavy atom. The molecule has 0 bridgehead atoms. The van der Waals surface area contributed by atoms with E-state index in [1.54, 1.807) is 11.3 Å². The molecule has 2 aromatic heterocycles. The third-order valence-corrected chi connectivity index (χ3v) is 3.87. The summed E-state index contributed by atoms with van der Waals surface area (Å²) >= 11 is 1.72. The number of nitrogens with one attached hydrogen (secondary N) is 1. The number of hydrogen-bond acceptors (Lipinski definition) is 6. The van der Waals surface area contributed by atoms with Gasteiger partial charge in [0.2, 0.25) is 5.89 Å². The molecule has 0 atom stereocenters. The summed E-state index contributed by atoms with van der Waals surface area (Å²) in [4.78, 5) is 8.05. The topological polar surface area (TPSA) is 54.2 Å². The van der Waals surface area contributed by atoms with Crippen molar-refractivity contribution in [3.05, 3.63) is 34.1 Å². The van der Waals surface area contributed by atoms with Crippen LogP contribution in [0, 0.1) is 0 Å². The fourth-order valence-electron chi connectivity index (χ4n) is 2.06. The van der Waals surface area contributed by atoms with Crippen molar-refractivity contribution < 1.29 is 4.52 Å². The van der Waals surface area contributed by atoms with E-state index in [0.717, 1.165) is 45.0 Å². The molecule has 3 heterocycles. The lowest BCUT2D eigenvalue weighted by Crippen LogP contribution is -2.43. The number of thiophene rings is 1. The molecule has 2 aromatic rings. The van der Waals surface area contributed by atoms with Crippen molar-refractivity contribution in [2.45, 2.75) is 13.0 Å². The Labute approximate surface area is 110 Å². The molecule has 1 fully saturated rings. The Balaban J connectivity index is 1.59. The lowest BCUT2D eigenvalue weighted by atomic mass is 10.3. The minimum absolute atomic E-state index is 0.711. The molecule has 1 aliphatic rings. The van der Waals surface area contributed by atoms with Crippen LogP contribution in [0.3, 0.4) is 0 Å². The number of nitrogens with zero attached hydrogens (tertiary/aromatic N) is 3. The number of hydrogen-bond donors (Lipinski definition) is 1. The van der Waals surface area contributed by atoms with Crippen LogP contribution in [-0.2, 0) is 13.0 Å². The first-order valence-electron chi connectivity index (χ1n) is 6.17. The molecule has 3 rings (SSSR count). The lowest BCUT2D eigenvalue weighted by molar-refractivity contribution is 0.224. The molecule has 0 spiro atoms. The van der Waals surface area contributed by atoms with Crippen molar-refractivity contribution in [2.75, 3.05) is 26.2 Å². The van der Waals surface area contributed by atoms with Crippen LogP contribution in [0.5, 0.6) is 0 Å². The third-order valence-electron chi connectivity index (χ3n) is 2.99. The summed E-state index contributed by atoms with van der Waals surface area (Å²) < 4.78 is 5.28. The maximum Gasteiger partial charge on any atom is 0.231 e. The highest BCUT2D eigenvalue weighted by atomic mass is 32.1. The van der Waals surface area contributed by atoms with E-state index in [1.165, 1.54) is 4.88 Å². The average Bonchev–Trinajstić information content (AvgIpc) is 3.03. The van der Waals surface area contributed by atoms with Gasteiger partial charge in [-0.15, -0.1) is 11.3 Å². The van der Waals surface area contributed by atoms with Crippen LogP contribution in [0.2, 0.25) is 0 Å². The van der Waals surface area contributed by atoms with Crippen LogP contribution < -0.4 is 5.32 Å². The first-order valence-corrected chi connectivity index (χ1v) is 7.05. The second kappa shape index (κ2) is 5.60. The second-order valence-corrected chi connectivity index (χ2v) is 5.42. The first kappa shape index (κ1) is 11.8. The van der Waals surface area contributed by atoms with Crippen molar-refractivity contribution >= 4 is 11.3 Å². The van der Waals surface area contributed by atoms with Crippen LogP contribution in [0.4, 0.5) is 0 Å². The van der Waals surface area contributed by atoms with Crippen molar-refractivity contribution in [1.29, 1.82) is 0 Å². The largest absolute Gasteiger partial charge is 0.339 e. The highest BCUT2D eigenvalue weighted by Gasteiger charge is 2.14. The predicted molar refractivity (Wildman–Crippen MR) is 69.6 cm³/mol. The normalized spacial score (nSPS) is 17.1. The summed E-state index contributed by atoms with van der Waals surface area (Å²) in [6, 6.07) is 4.13. The van der Waals surface area contributed by atoms with E-state index in [4.69, 9.17) is 4.52 Å². The maximum absolute atomic E-state index is 5.28. The van der Waals surface area contributed by atoms with Gasteiger partial charge in [0.05, 0.1) is 13.0 Å². The van der Waals surface area contributed by atoms with E-state index >= 15 is 0 Å². The minimum atomic E-state index is 0.711. The fourth-order valence-corrected chi connectivity index (χ4v) is 2.75. The van der Waals surface area contributed by atoms with Gasteiger partial charge in [-0.1, -0.05) is 11.2 Å². The monoisotopic (exact) mass is 264 g/mol. The molecular formula is C12H16N4OS. The summed E-state index contributed by atoms with van der Waals surface area (Å²) in [5.41, 5.74) is 0. The molecule has 0 radical (unpaired) electrons. The van der Waals surface area contributed by atoms with Gasteiger partial charge < -0.3 is 9.84 Å². The smallest absolute Gasteiger partial charge is 0.231 e. The summed E-state index contributed by atoms with van der Waals surface area (Å²) in [5.74, 6) is 1.51. The van der Waals surface area contributed by atoms with E-state index in [1.807, 2.05) is 6.07 Å². The SMILES string of the molecule is c1csc(Cc2nc(CN3CCNCC3)no2)c1. The molecule has 0 aromatic carbocycles. The van der Waals surface area contributed by atoms with Crippen molar-refractivity contribution in [2.24, 2.45) is 0 Å². The van der Waals surface area contributed by atoms with E-state index in [-0.39, 0.29) is 0 Å². The third kappa shape index (κ3) is 2.95. The molecule has 1 saturated heterocycles. The van der Waals surface area contributed by atoms with Crippen LogP contribution in [-0.4, -0.2) is 41.2 Å². The van der Waals surface area contributed by atoms with Crippen LogP contribution in [0.25, 0.3) is 0 Å². The zero-order valence-electron chi connectivity index (χ0n) is 10.1. The number of rotatable bonds is 4. The van der Waals surface area contributed by atoms with Gasteiger partial charge in [-0.3, -0.25) is 4.90 Å². The molecule has 0 aliphatic carbocycles. The molecule has 6 heteroatoms. The van der Waals surface area contributed by atoms with Gasteiger partial charge >= 0.3 is 0 Å². The van der Waals surface area contributed by atoms with Crippen LogP contribution in [0.1, 0.15) is 16.6 Å². The molecule has 96 valence electrons. The van der Waals surface area contributed by atoms with Crippen LogP contribution in [0.15, 0.2) is 22.0 Å². The van der Waals surface area contributed by atoms with Crippen molar-refractivity contribution in [1.82, 2.24) is 20.4 Å². The van der Waals surface area contributed by atoms with Gasteiger partial charge in [0, 0.05) is 31.1 Å². The Bertz CT molecular complexity index is 476. The molecule has 5 nitrogen and oxygen atoms in total. The van der Waals surface area contributed by atoms with Gasteiger partial charge in [-0.2, -0.15) is 4.98 Å². The van der Waals surface area contributed by atoms with Gasteiger partial charge in [0.1, 0.15) is 0 Å². The number of piperazine rings is 1. The molecule has 0 saturated carbocycles. The highest BCUT2D eigenvalue weighted by molar-refractivity contribution is 7.09. The lowest BCUT2D eigenvalue weighted by Gasteiger charge is -2.25. The van der Waals surface area contributed by atoms with Gasteiger partial charge in [-0.25, -0.2) is 0 Å². The van der Waals surface area contributed by atoms with Crippen molar-refractivity contribution in [3.8, 4) is 0 Å². The minimum Gasteiger partial charge on any atom is -0.339 e. The standard InChI is InChI=1S/C12H16N4OS/c1-2-10(18-7-1)8-12-14-11(15-17-12)9-16-5-3-13-4-6-16/h1-2,7,13H,3-6,8-9H2. The zero-order chi connectivity index (χ0) is 12.2. The van der Waals surface area contributed by atoms with E-state index in [2.05, 4.69) is 31.8 Å². The van der Waals surface area contributed by atoms with Gasteiger partial charge in [0.25, 0.3) is 0 Å². The molecule has 1 aliphatic heterocycles. The zero-order valence-corrected chi connectivity index (χ0v) is 10.9. The van der Waals surface area contributed by atoms with Gasteiger partial charge in [0.15, 0.2) is 5.82 Å². The second-order valence-electron chi connectivity index (χ2n) is 4.39. The Morgan fingerprint density at radius 3 is 3.06 bits per heavy atom. The van der Waals surface area contributed by atoms with E-state index in [0.29, 0.717) is 5.89 Å².